The van der Waals surface area contributed by atoms with Gasteiger partial charge >= 0.3 is 0 Å². The number of anilines is 2. The van der Waals surface area contributed by atoms with E-state index in [0.29, 0.717) is 35.2 Å². The topological polar surface area (TPSA) is 80.3 Å². The van der Waals surface area contributed by atoms with E-state index >= 15 is 0 Å². The van der Waals surface area contributed by atoms with Crippen molar-refractivity contribution in [1.82, 2.24) is 4.90 Å². The quantitative estimate of drug-likeness (QED) is 0.716. The van der Waals surface area contributed by atoms with Crippen molar-refractivity contribution in [2.24, 2.45) is 0 Å². The molecule has 0 aliphatic carbocycles. The van der Waals surface area contributed by atoms with Gasteiger partial charge < -0.3 is 29.3 Å². The summed E-state index contributed by atoms with van der Waals surface area (Å²) < 4.78 is 16.4. The molecule has 0 saturated heterocycles. The van der Waals surface area contributed by atoms with Crippen LogP contribution >= 0.6 is 0 Å². The number of benzene rings is 2. The number of fused-ring (bicyclic) bond motifs is 1. The minimum Gasteiger partial charge on any atom is -0.497 e. The monoisotopic (exact) mass is 413 g/mol. The first-order valence-electron chi connectivity index (χ1n) is 9.71. The van der Waals surface area contributed by atoms with Crippen molar-refractivity contribution >= 4 is 23.2 Å². The van der Waals surface area contributed by atoms with Gasteiger partial charge in [-0.2, -0.15) is 0 Å². The maximum atomic E-state index is 12.5. The third-order valence-corrected chi connectivity index (χ3v) is 4.63. The number of methoxy groups -OCH3 is 1. The Morgan fingerprint density at radius 1 is 1.20 bits per heavy atom. The summed E-state index contributed by atoms with van der Waals surface area (Å²) in [6, 6.07) is 12.3. The third kappa shape index (κ3) is 5.21. The Morgan fingerprint density at radius 3 is 2.70 bits per heavy atom. The normalized spacial score (nSPS) is 15.4. The lowest BCUT2D eigenvalue weighted by atomic mass is 10.1. The van der Waals surface area contributed by atoms with Gasteiger partial charge in [-0.15, -0.1) is 0 Å². The smallest absolute Gasteiger partial charge is 0.267 e. The van der Waals surface area contributed by atoms with Crippen LogP contribution in [-0.4, -0.2) is 63.7 Å². The second-order valence-electron chi connectivity index (χ2n) is 7.25. The Morgan fingerprint density at radius 2 is 1.97 bits per heavy atom. The molecule has 0 spiro atoms. The van der Waals surface area contributed by atoms with Crippen LogP contribution in [0.1, 0.15) is 6.92 Å². The second kappa shape index (κ2) is 9.49. The fraction of sp³-hybridized carbons (Fsp3) is 0.364. The molecule has 1 unspecified atom stereocenters. The summed E-state index contributed by atoms with van der Waals surface area (Å²) in [7, 11) is 5.49. The fourth-order valence-corrected chi connectivity index (χ4v) is 3.06. The van der Waals surface area contributed by atoms with Crippen LogP contribution in [0.5, 0.6) is 17.2 Å². The molecule has 1 aliphatic rings. The van der Waals surface area contributed by atoms with E-state index in [-0.39, 0.29) is 18.4 Å². The van der Waals surface area contributed by atoms with Crippen LogP contribution in [0.25, 0.3) is 0 Å². The van der Waals surface area contributed by atoms with E-state index in [4.69, 9.17) is 14.2 Å². The SMILES string of the molecule is COc1cccc(OCC(=O)Nc2ccc3c(c2)OC(C)C(=O)N3CCN(C)C)c1. The predicted octanol–water partition coefficient (Wildman–Crippen LogP) is 2.39. The van der Waals surface area contributed by atoms with Gasteiger partial charge in [0.05, 0.1) is 12.8 Å². The van der Waals surface area contributed by atoms with E-state index in [0.717, 1.165) is 6.54 Å². The van der Waals surface area contributed by atoms with Crippen LogP contribution in [0, 0.1) is 0 Å². The molecule has 160 valence electrons. The molecule has 8 nitrogen and oxygen atoms in total. The van der Waals surface area contributed by atoms with Gasteiger partial charge in [0.1, 0.15) is 17.2 Å². The highest BCUT2D eigenvalue weighted by Gasteiger charge is 2.31. The van der Waals surface area contributed by atoms with E-state index in [1.807, 2.05) is 19.0 Å². The van der Waals surface area contributed by atoms with E-state index in [9.17, 15) is 9.59 Å². The predicted molar refractivity (Wildman–Crippen MR) is 115 cm³/mol. The third-order valence-electron chi connectivity index (χ3n) is 4.63. The Bertz CT molecular complexity index is 915. The second-order valence-corrected chi connectivity index (χ2v) is 7.25. The zero-order chi connectivity index (χ0) is 21.7. The van der Waals surface area contributed by atoms with Crippen molar-refractivity contribution in [3.63, 3.8) is 0 Å². The molecule has 0 saturated carbocycles. The van der Waals surface area contributed by atoms with Gasteiger partial charge in [0.25, 0.3) is 11.8 Å². The Hall–Kier alpha value is -3.26. The number of ether oxygens (including phenoxy) is 3. The van der Waals surface area contributed by atoms with Crippen molar-refractivity contribution < 1.29 is 23.8 Å². The van der Waals surface area contributed by atoms with Crippen molar-refractivity contribution in [3.05, 3.63) is 42.5 Å². The lowest BCUT2D eigenvalue weighted by molar-refractivity contribution is -0.125. The van der Waals surface area contributed by atoms with Crippen molar-refractivity contribution in [3.8, 4) is 17.2 Å². The Balaban J connectivity index is 1.65. The van der Waals surface area contributed by atoms with E-state index in [1.165, 1.54) is 0 Å². The summed E-state index contributed by atoms with van der Waals surface area (Å²) in [6.45, 7) is 2.88. The fourth-order valence-electron chi connectivity index (χ4n) is 3.06. The lowest BCUT2D eigenvalue weighted by Crippen LogP contribution is -2.46. The minimum atomic E-state index is -0.581. The highest BCUT2D eigenvalue weighted by Crippen LogP contribution is 2.36. The Kier molecular flexibility index (Phi) is 6.79. The number of rotatable bonds is 8. The van der Waals surface area contributed by atoms with Gasteiger partial charge in [-0.05, 0) is 45.3 Å². The maximum Gasteiger partial charge on any atom is 0.267 e. The number of hydrogen-bond donors (Lipinski definition) is 1. The first kappa shape index (κ1) is 21.4. The largest absolute Gasteiger partial charge is 0.497 e. The number of hydrogen-bond acceptors (Lipinski definition) is 6. The van der Waals surface area contributed by atoms with Crippen LogP contribution < -0.4 is 24.4 Å². The summed E-state index contributed by atoms with van der Waals surface area (Å²) >= 11 is 0. The first-order chi connectivity index (χ1) is 14.4. The van der Waals surface area contributed by atoms with Crippen LogP contribution in [0.3, 0.4) is 0 Å². The lowest BCUT2D eigenvalue weighted by Gasteiger charge is -2.34. The molecule has 3 rings (SSSR count). The number of carbonyl (C=O) groups is 2. The summed E-state index contributed by atoms with van der Waals surface area (Å²) in [5.41, 5.74) is 1.27. The Labute approximate surface area is 176 Å². The van der Waals surface area contributed by atoms with Crippen molar-refractivity contribution in [1.29, 1.82) is 0 Å². The van der Waals surface area contributed by atoms with Crippen molar-refractivity contribution in [2.45, 2.75) is 13.0 Å². The molecule has 8 heteroatoms. The molecule has 2 aromatic carbocycles. The molecule has 30 heavy (non-hydrogen) atoms. The standard InChI is InChI=1S/C22H27N3O5/c1-15-22(27)25(11-10-24(2)3)19-9-8-16(12-20(19)30-15)23-21(26)14-29-18-7-5-6-17(13-18)28-4/h5-9,12-13,15H,10-11,14H2,1-4H3,(H,23,26). The summed E-state index contributed by atoms with van der Waals surface area (Å²) in [6.07, 6.45) is -0.581. The highest BCUT2D eigenvalue weighted by atomic mass is 16.5. The van der Waals surface area contributed by atoms with Gasteiger partial charge in [-0.3, -0.25) is 9.59 Å². The summed E-state index contributed by atoms with van der Waals surface area (Å²) in [5, 5.41) is 2.80. The van der Waals surface area contributed by atoms with Crippen molar-refractivity contribution in [2.75, 3.05) is 51.1 Å². The van der Waals surface area contributed by atoms with E-state index < -0.39 is 6.10 Å². The van der Waals surface area contributed by atoms with Crippen LogP contribution in [0.15, 0.2) is 42.5 Å². The molecule has 1 N–H and O–H groups in total. The molecule has 0 aromatic heterocycles. The van der Waals surface area contributed by atoms with Crippen LogP contribution in [0.2, 0.25) is 0 Å². The van der Waals surface area contributed by atoms with Crippen LogP contribution in [-0.2, 0) is 9.59 Å². The summed E-state index contributed by atoms with van der Waals surface area (Å²) in [4.78, 5) is 28.5. The molecule has 1 aliphatic heterocycles. The van der Waals surface area contributed by atoms with E-state index in [2.05, 4.69) is 5.32 Å². The van der Waals surface area contributed by atoms with Gasteiger partial charge in [-0.1, -0.05) is 6.07 Å². The molecule has 1 atom stereocenters. The minimum absolute atomic E-state index is 0.0761. The van der Waals surface area contributed by atoms with Gasteiger partial charge in [0.2, 0.25) is 0 Å². The molecular formula is C22H27N3O5. The zero-order valence-electron chi connectivity index (χ0n) is 17.7. The van der Waals surface area contributed by atoms with Gasteiger partial charge in [0.15, 0.2) is 12.7 Å². The number of carbonyl (C=O) groups excluding carboxylic acids is 2. The molecular weight excluding hydrogens is 386 g/mol. The molecule has 2 aromatic rings. The number of likely N-dealkylation sites (N-methyl/N-ethyl adjacent to an activating group) is 1. The number of nitrogens with one attached hydrogen (secondary N) is 1. The number of nitrogens with zero attached hydrogens (tertiary/aromatic N) is 2. The van der Waals surface area contributed by atoms with Crippen LogP contribution in [0.4, 0.5) is 11.4 Å². The first-order valence-corrected chi connectivity index (χ1v) is 9.71. The maximum absolute atomic E-state index is 12.5. The number of amides is 2. The van der Waals surface area contributed by atoms with E-state index in [1.54, 1.807) is 61.4 Å². The highest BCUT2D eigenvalue weighted by molar-refractivity contribution is 6.00. The molecule has 1 heterocycles. The van der Waals surface area contributed by atoms with Gasteiger partial charge in [0, 0.05) is 30.9 Å². The molecule has 2 amide bonds. The van der Waals surface area contributed by atoms with Gasteiger partial charge in [-0.25, -0.2) is 0 Å². The molecule has 0 bridgehead atoms. The average molecular weight is 413 g/mol. The molecule has 0 fully saturated rings. The zero-order valence-corrected chi connectivity index (χ0v) is 17.7. The average Bonchev–Trinajstić information content (AvgIpc) is 2.72. The molecule has 0 radical (unpaired) electrons. The summed E-state index contributed by atoms with van der Waals surface area (Å²) in [5.74, 6) is 1.38.